The Bertz CT molecular complexity index is 650. The minimum atomic E-state index is -0.217. The van der Waals surface area contributed by atoms with E-state index in [9.17, 15) is 4.79 Å². The Balaban J connectivity index is 1.85. The Morgan fingerprint density at radius 2 is 1.91 bits per heavy atom. The van der Waals surface area contributed by atoms with Gasteiger partial charge in [-0.2, -0.15) is 0 Å². The highest BCUT2D eigenvalue weighted by Gasteiger charge is 2.05. The highest BCUT2D eigenvalue weighted by molar-refractivity contribution is 5.92. The first-order valence-corrected chi connectivity index (χ1v) is 7.56. The number of amides is 1. The summed E-state index contributed by atoms with van der Waals surface area (Å²) in [5, 5.41) is 2.78. The van der Waals surface area contributed by atoms with Gasteiger partial charge in [0.05, 0.1) is 0 Å². The molecule has 4 heteroatoms. The number of hydrogen-bond donors (Lipinski definition) is 1. The highest BCUT2D eigenvalue weighted by atomic mass is 16.5. The second-order valence-electron chi connectivity index (χ2n) is 4.96. The van der Waals surface area contributed by atoms with Crippen LogP contribution in [0.25, 0.3) is 0 Å². The number of benzene rings is 2. The van der Waals surface area contributed by atoms with Crippen molar-refractivity contribution in [3.05, 3.63) is 66.7 Å². The Labute approximate surface area is 136 Å². The van der Waals surface area contributed by atoms with E-state index in [4.69, 9.17) is 9.47 Å². The summed E-state index contributed by atoms with van der Waals surface area (Å²) in [5.74, 6) is 1.14. The number of ether oxygens (including phenoxy) is 2. The molecule has 23 heavy (non-hydrogen) atoms. The van der Waals surface area contributed by atoms with E-state index in [1.54, 1.807) is 18.2 Å². The van der Waals surface area contributed by atoms with Crippen molar-refractivity contribution in [3.63, 3.8) is 0 Å². The van der Waals surface area contributed by atoms with Crippen molar-refractivity contribution in [2.24, 2.45) is 0 Å². The lowest BCUT2D eigenvalue weighted by Crippen LogP contribution is -2.20. The number of rotatable bonds is 8. The normalized spacial score (nSPS) is 9.96. The van der Waals surface area contributed by atoms with E-state index >= 15 is 0 Å². The molecule has 0 saturated heterocycles. The van der Waals surface area contributed by atoms with E-state index in [1.807, 2.05) is 36.4 Å². The van der Waals surface area contributed by atoms with Crippen LogP contribution in [0.4, 0.5) is 5.69 Å². The molecule has 2 rings (SSSR count). The molecular weight excluding hydrogens is 290 g/mol. The molecule has 0 bridgehead atoms. The molecule has 0 aliphatic heterocycles. The summed E-state index contributed by atoms with van der Waals surface area (Å²) >= 11 is 0. The zero-order valence-corrected chi connectivity index (χ0v) is 13.2. The van der Waals surface area contributed by atoms with Gasteiger partial charge in [0, 0.05) is 11.8 Å². The van der Waals surface area contributed by atoms with Gasteiger partial charge in [0.15, 0.2) is 6.61 Å². The van der Waals surface area contributed by atoms with Crippen LogP contribution in [0.15, 0.2) is 61.2 Å². The fourth-order valence-corrected chi connectivity index (χ4v) is 1.99. The van der Waals surface area contributed by atoms with Gasteiger partial charge in [-0.05, 0) is 36.2 Å². The minimum Gasteiger partial charge on any atom is -0.489 e. The molecule has 1 amide bonds. The lowest BCUT2D eigenvalue weighted by atomic mass is 10.2. The van der Waals surface area contributed by atoms with Gasteiger partial charge in [-0.15, -0.1) is 0 Å². The van der Waals surface area contributed by atoms with Crippen LogP contribution in [0, 0.1) is 0 Å². The molecule has 0 unspecified atom stereocenters. The monoisotopic (exact) mass is 311 g/mol. The topological polar surface area (TPSA) is 47.6 Å². The maximum absolute atomic E-state index is 11.9. The average Bonchev–Trinajstić information content (AvgIpc) is 2.59. The molecule has 2 aromatic rings. The molecule has 4 nitrogen and oxygen atoms in total. The number of carbonyl (C=O) groups excluding carboxylic acids is 1. The van der Waals surface area contributed by atoms with Crippen molar-refractivity contribution >= 4 is 11.6 Å². The van der Waals surface area contributed by atoms with Gasteiger partial charge < -0.3 is 14.8 Å². The Morgan fingerprint density at radius 1 is 1.13 bits per heavy atom. The van der Waals surface area contributed by atoms with E-state index in [0.29, 0.717) is 23.8 Å². The van der Waals surface area contributed by atoms with Crippen molar-refractivity contribution in [3.8, 4) is 11.5 Å². The van der Waals surface area contributed by atoms with E-state index in [2.05, 4.69) is 18.8 Å². The standard InChI is InChI=1S/C19H21NO3/c1-3-12-22-18-7-5-6-16(13-18)20-19(21)14-23-17-10-8-15(4-2)9-11-17/h3,5-11,13H,1,4,12,14H2,2H3,(H,20,21). The molecule has 0 spiro atoms. The molecular formula is C19H21NO3. The molecule has 0 saturated carbocycles. The van der Waals surface area contributed by atoms with Crippen molar-refractivity contribution in [2.45, 2.75) is 13.3 Å². The zero-order valence-electron chi connectivity index (χ0n) is 13.2. The van der Waals surface area contributed by atoms with Crippen molar-refractivity contribution < 1.29 is 14.3 Å². The molecule has 0 atom stereocenters. The lowest BCUT2D eigenvalue weighted by Gasteiger charge is -2.09. The van der Waals surface area contributed by atoms with E-state index in [0.717, 1.165) is 6.42 Å². The molecule has 0 aliphatic rings. The summed E-state index contributed by atoms with van der Waals surface area (Å²) in [5.41, 5.74) is 1.90. The molecule has 0 fully saturated rings. The summed E-state index contributed by atoms with van der Waals surface area (Å²) in [7, 11) is 0. The van der Waals surface area contributed by atoms with Crippen LogP contribution in [0.1, 0.15) is 12.5 Å². The largest absolute Gasteiger partial charge is 0.489 e. The quantitative estimate of drug-likeness (QED) is 0.754. The predicted molar refractivity (Wildman–Crippen MR) is 92.1 cm³/mol. The predicted octanol–water partition coefficient (Wildman–Crippen LogP) is 3.83. The summed E-state index contributed by atoms with van der Waals surface area (Å²) in [4.78, 5) is 11.9. The first-order valence-electron chi connectivity index (χ1n) is 7.56. The summed E-state index contributed by atoms with van der Waals surface area (Å²) in [6, 6.07) is 14.9. The Morgan fingerprint density at radius 3 is 2.61 bits per heavy atom. The first kappa shape index (κ1) is 16.6. The van der Waals surface area contributed by atoms with Crippen LogP contribution < -0.4 is 14.8 Å². The molecule has 0 heterocycles. The van der Waals surface area contributed by atoms with E-state index < -0.39 is 0 Å². The van der Waals surface area contributed by atoms with Crippen LogP contribution in [0.3, 0.4) is 0 Å². The SMILES string of the molecule is C=CCOc1cccc(NC(=O)COc2ccc(CC)cc2)c1. The molecule has 0 aliphatic carbocycles. The smallest absolute Gasteiger partial charge is 0.262 e. The number of hydrogen-bond acceptors (Lipinski definition) is 3. The molecule has 1 N–H and O–H groups in total. The van der Waals surface area contributed by atoms with Crippen molar-refractivity contribution in [1.29, 1.82) is 0 Å². The molecule has 2 aromatic carbocycles. The Kier molecular flexibility index (Phi) is 6.24. The average molecular weight is 311 g/mol. The van der Waals surface area contributed by atoms with E-state index in [-0.39, 0.29) is 12.5 Å². The van der Waals surface area contributed by atoms with Crippen molar-refractivity contribution in [2.75, 3.05) is 18.5 Å². The van der Waals surface area contributed by atoms with Gasteiger partial charge in [-0.1, -0.05) is 37.8 Å². The second-order valence-corrected chi connectivity index (χ2v) is 4.96. The molecule has 0 radical (unpaired) electrons. The number of carbonyl (C=O) groups is 1. The first-order chi connectivity index (χ1) is 11.2. The van der Waals surface area contributed by atoms with Gasteiger partial charge in [0.25, 0.3) is 5.91 Å². The second kappa shape index (κ2) is 8.63. The van der Waals surface area contributed by atoms with Crippen LogP contribution in [-0.4, -0.2) is 19.1 Å². The van der Waals surface area contributed by atoms with Gasteiger partial charge >= 0.3 is 0 Å². The summed E-state index contributed by atoms with van der Waals surface area (Å²) in [6.07, 6.45) is 2.65. The minimum absolute atomic E-state index is 0.0385. The third kappa shape index (κ3) is 5.51. The third-order valence-electron chi connectivity index (χ3n) is 3.19. The van der Waals surface area contributed by atoms with Crippen molar-refractivity contribution in [1.82, 2.24) is 0 Å². The van der Waals surface area contributed by atoms with Gasteiger partial charge in [-0.25, -0.2) is 0 Å². The lowest BCUT2D eigenvalue weighted by molar-refractivity contribution is -0.118. The van der Waals surface area contributed by atoms with Crippen LogP contribution in [-0.2, 0) is 11.2 Å². The number of anilines is 1. The van der Waals surface area contributed by atoms with Crippen LogP contribution in [0.2, 0.25) is 0 Å². The van der Waals surface area contributed by atoms with Gasteiger partial charge in [0.1, 0.15) is 18.1 Å². The summed E-state index contributed by atoms with van der Waals surface area (Å²) in [6.45, 7) is 6.08. The third-order valence-corrected chi connectivity index (χ3v) is 3.19. The van der Waals surface area contributed by atoms with Crippen LogP contribution >= 0.6 is 0 Å². The Hall–Kier alpha value is -2.75. The zero-order chi connectivity index (χ0) is 16.5. The van der Waals surface area contributed by atoms with Crippen LogP contribution in [0.5, 0.6) is 11.5 Å². The van der Waals surface area contributed by atoms with Gasteiger partial charge in [-0.3, -0.25) is 4.79 Å². The number of nitrogens with one attached hydrogen (secondary N) is 1. The summed E-state index contributed by atoms with van der Waals surface area (Å²) < 4.78 is 10.9. The maximum atomic E-state index is 11.9. The fourth-order valence-electron chi connectivity index (χ4n) is 1.99. The van der Waals surface area contributed by atoms with Gasteiger partial charge in [0.2, 0.25) is 0 Å². The number of aryl methyl sites for hydroxylation is 1. The fraction of sp³-hybridized carbons (Fsp3) is 0.211. The molecule has 120 valence electrons. The maximum Gasteiger partial charge on any atom is 0.262 e. The highest BCUT2D eigenvalue weighted by Crippen LogP contribution is 2.17. The molecule has 0 aromatic heterocycles. The van der Waals surface area contributed by atoms with E-state index in [1.165, 1.54) is 5.56 Å².